The number of aryl methyl sites for hydroxylation is 1. The molecule has 0 aliphatic rings. The second-order valence-electron chi connectivity index (χ2n) is 4.39. The minimum absolute atomic E-state index is 0.0457. The zero-order chi connectivity index (χ0) is 14.0. The van der Waals surface area contributed by atoms with Gasteiger partial charge in [-0.25, -0.2) is 0 Å². The van der Waals surface area contributed by atoms with Crippen LogP contribution in [0.5, 0.6) is 0 Å². The van der Waals surface area contributed by atoms with Gasteiger partial charge >= 0.3 is 0 Å². The van der Waals surface area contributed by atoms with Gasteiger partial charge in [0, 0.05) is 11.2 Å². The number of nitriles is 1. The van der Waals surface area contributed by atoms with Crippen molar-refractivity contribution < 1.29 is 0 Å². The summed E-state index contributed by atoms with van der Waals surface area (Å²) < 4.78 is 2.42. The lowest BCUT2D eigenvalue weighted by Gasteiger charge is -2.19. The first-order chi connectivity index (χ1) is 9.08. The van der Waals surface area contributed by atoms with E-state index in [-0.39, 0.29) is 6.04 Å². The van der Waals surface area contributed by atoms with Crippen LogP contribution in [-0.4, -0.2) is 9.55 Å². The van der Waals surface area contributed by atoms with Gasteiger partial charge in [-0.1, -0.05) is 30.7 Å². The van der Waals surface area contributed by atoms with Gasteiger partial charge in [-0.15, -0.1) is 0 Å². The van der Waals surface area contributed by atoms with E-state index >= 15 is 0 Å². The summed E-state index contributed by atoms with van der Waals surface area (Å²) in [6, 6.07) is 8.13. The van der Waals surface area contributed by atoms with Crippen LogP contribution in [0.25, 0.3) is 0 Å². The molecule has 1 atom stereocenters. The number of hydrogen-bond donors (Lipinski definition) is 1. The molecule has 2 rings (SSSR count). The SMILES string of the molecule is CCC(c1ccc(Cl)c(C)c1)n1c(C#N)c[nH]c1=S. The molecule has 5 heteroatoms. The van der Waals surface area contributed by atoms with Crippen molar-refractivity contribution in [3.05, 3.63) is 51.0 Å². The van der Waals surface area contributed by atoms with Gasteiger partial charge in [0.2, 0.25) is 0 Å². The summed E-state index contributed by atoms with van der Waals surface area (Å²) in [5.74, 6) is 0. The average molecular weight is 292 g/mol. The van der Waals surface area contributed by atoms with Crippen LogP contribution in [-0.2, 0) is 0 Å². The molecule has 1 N–H and O–H groups in total. The molecule has 19 heavy (non-hydrogen) atoms. The number of aromatic amines is 1. The average Bonchev–Trinajstić information content (AvgIpc) is 2.76. The number of H-pyrrole nitrogens is 1. The van der Waals surface area contributed by atoms with E-state index in [4.69, 9.17) is 29.1 Å². The minimum Gasteiger partial charge on any atom is -0.336 e. The smallest absolute Gasteiger partial charge is 0.178 e. The third-order valence-corrected chi connectivity index (χ3v) is 3.93. The maximum Gasteiger partial charge on any atom is 0.178 e. The molecule has 0 fully saturated rings. The molecule has 0 spiro atoms. The third kappa shape index (κ3) is 2.58. The number of rotatable bonds is 3. The highest BCUT2D eigenvalue weighted by molar-refractivity contribution is 7.71. The van der Waals surface area contributed by atoms with E-state index in [9.17, 15) is 0 Å². The van der Waals surface area contributed by atoms with E-state index in [2.05, 4.69) is 18.0 Å². The van der Waals surface area contributed by atoms with Crippen LogP contribution in [0, 0.1) is 23.0 Å². The lowest BCUT2D eigenvalue weighted by Crippen LogP contribution is -2.12. The van der Waals surface area contributed by atoms with Gasteiger partial charge in [0.25, 0.3) is 0 Å². The quantitative estimate of drug-likeness (QED) is 0.853. The predicted octanol–water partition coefficient (Wildman–Crippen LogP) is 4.38. The highest BCUT2D eigenvalue weighted by Crippen LogP contribution is 2.27. The Morgan fingerprint density at radius 2 is 2.26 bits per heavy atom. The molecular formula is C14H14ClN3S. The number of aromatic nitrogens is 2. The first-order valence-electron chi connectivity index (χ1n) is 6.04. The van der Waals surface area contributed by atoms with E-state index in [1.54, 1.807) is 6.20 Å². The second kappa shape index (κ2) is 5.60. The lowest BCUT2D eigenvalue weighted by atomic mass is 10.0. The molecule has 0 aliphatic carbocycles. The summed E-state index contributed by atoms with van der Waals surface area (Å²) in [5, 5.41) is 9.91. The molecule has 1 unspecified atom stereocenters. The Morgan fingerprint density at radius 1 is 1.53 bits per heavy atom. The normalized spacial score (nSPS) is 12.1. The minimum atomic E-state index is 0.0457. The van der Waals surface area contributed by atoms with Crippen molar-refractivity contribution in [2.24, 2.45) is 0 Å². The maximum absolute atomic E-state index is 9.16. The third-order valence-electron chi connectivity index (χ3n) is 3.19. The summed E-state index contributed by atoms with van der Waals surface area (Å²) in [6.07, 6.45) is 2.50. The van der Waals surface area contributed by atoms with Gasteiger partial charge in [0.1, 0.15) is 11.8 Å². The molecule has 3 nitrogen and oxygen atoms in total. The van der Waals surface area contributed by atoms with Crippen LogP contribution < -0.4 is 0 Å². The molecule has 0 radical (unpaired) electrons. The molecule has 0 bridgehead atoms. The Labute approximate surface area is 122 Å². The van der Waals surface area contributed by atoms with E-state index in [1.165, 1.54) is 0 Å². The number of hydrogen-bond acceptors (Lipinski definition) is 2. The lowest BCUT2D eigenvalue weighted by molar-refractivity contribution is 0.555. The highest BCUT2D eigenvalue weighted by Gasteiger charge is 2.16. The molecule has 1 aromatic carbocycles. The molecule has 1 heterocycles. The van der Waals surface area contributed by atoms with Gasteiger partial charge in [-0.05, 0) is 42.8 Å². The van der Waals surface area contributed by atoms with Crippen molar-refractivity contribution in [1.82, 2.24) is 9.55 Å². The van der Waals surface area contributed by atoms with Crippen LogP contribution in [0.15, 0.2) is 24.4 Å². The fraction of sp³-hybridized carbons (Fsp3) is 0.286. The molecule has 0 saturated carbocycles. The van der Waals surface area contributed by atoms with Crippen LogP contribution in [0.1, 0.15) is 36.2 Å². The first-order valence-corrected chi connectivity index (χ1v) is 6.83. The zero-order valence-electron chi connectivity index (χ0n) is 10.8. The molecule has 0 amide bonds. The van der Waals surface area contributed by atoms with Gasteiger partial charge in [-0.3, -0.25) is 0 Å². The van der Waals surface area contributed by atoms with Crippen LogP contribution in [0.3, 0.4) is 0 Å². The monoisotopic (exact) mass is 291 g/mol. The molecule has 2 aromatic rings. The Balaban J connectivity index is 2.56. The second-order valence-corrected chi connectivity index (χ2v) is 5.19. The fourth-order valence-corrected chi connectivity index (χ4v) is 2.62. The van der Waals surface area contributed by atoms with Crippen LogP contribution >= 0.6 is 23.8 Å². The van der Waals surface area contributed by atoms with Crippen molar-refractivity contribution in [2.75, 3.05) is 0 Å². The van der Waals surface area contributed by atoms with Crippen molar-refractivity contribution >= 4 is 23.8 Å². The van der Waals surface area contributed by atoms with Gasteiger partial charge in [0.05, 0.1) is 6.04 Å². The van der Waals surface area contributed by atoms with E-state index in [1.807, 2.05) is 29.7 Å². The Hall–Kier alpha value is -1.57. The van der Waals surface area contributed by atoms with Crippen LogP contribution in [0.4, 0.5) is 0 Å². The number of nitrogens with zero attached hydrogens (tertiary/aromatic N) is 2. The van der Waals surface area contributed by atoms with Gasteiger partial charge in [-0.2, -0.15) is 5.26 Å². The van der Waals surface area contributed by atoms with Crippen molar-refractivity contribution in [3.8, 4) is 6.07 Å². The summed E-state index contributed by atoms with van der Waals surface area (Å²) in [5.41, 5.74) is 2.68. The molecule has 0 saturated heterocycles. The summed E-state index contributed by atoms with van der Waals surface area (Å²) in [6.45, 7) is 4.05. The van der Waals surface area contributed by atoms with Gasteiger partial charge in [0.15, 0.2) is 4.77 Å². The van der Waals surface area contributed by atoms with Crippen molar-refractivity contribution in [1.29, 1.82) is 5.26 Å². The van der Waals surface area contributed by atoms with Crippen molar-refractivity contribution in [2.45, 2.75) is 26.3 Å². The standard InChI is InChI=1S/C14H14ClN3S/c1-3-13(10-4-5-12(15)9(2)6-10)18-11(7-16)8-17-14(18)19/h4-6,8,13H,3H2,1-2H3,(H,17,19). The maximum atomic E-state index is 9.16. The Kier molecular flexibility index (Phi) is 4.08. The molecule has 1 aromatic heterocycles. The summed E-state index contributed by atoms with van der Waals surface area (Å²) in [4.78, 5) is 2.93. The summed E-state index contributed by atoms with van der Waals surface area (Å²) >= 11 is 11.3. The molecular weight excluding hydrogens is 278 g/mol. The van der Waals surface area contributed by atoms with E-state index < -0.39 is 0 Å². The topological polar surface area (TPSA) is 44.5 Å². The van der Waals surface area contributed by atoms with Gasteiger partial charge < -0.3 is 9.55 Å². The largest absolute Gasteiger partial charge is 0.336 e. The first kappa shape index (κ1) is 13.9. The molecule has 98 valence electrons. The Morgan fingerprint density at radius 3 is 2.84 bits per heavy atom. The number of halogens is 1. The summed E-state index contributed by atoms with van der Waals surface area (Å²) in [7, 11) is 0. The van der Waals surface area contributed by atoms with E-state index in [0.29, 0.717) is 10.5 Å². The van der Waals surface area contributed by atoms with Crippen LogP contribution in [0.2, 0.25) is 5.02 Å². The fourth-order valence-electron chi connectivity index (χ4n) is 2.22. The van der Waals surface area contributed by atoms with Crippen molar-refractivity contribution in [3.63, 3.8) is 0 Å². The number of imidazole rings is 1. The Bertz CT molecular complexity index is 693. The number of nitrogens with one attached hydrogen (secondary N) is 1. The highest BCUT2D eigenvalue weighted by atomic mass is 35.5. The zero-order valence-corrected chi connectivity index (χ0v) is 12.3. The number of benzene rings is 1. The molecule has 0 aliphatic heterocycles. The predicted molar refractivity (Wildman–Crippen MR) is 79.0 cm³/mol. The van der Waals surface area contributed by atoms with E-state index in [0.717, 1.165) is 22.6 Å².